The lowest BCUT2D eigenvalue weighted by Crippen LogP contribution is -2.28. The Labute approximate surface area is 81.4 Å². The summed E-state index contributed by atoms with van der Waals surface area (Å²) in [6, 6.07) is 6.06. The maximum atomic E-state index is 4.48. The molecule has 0 atom stereocenters. The van der Waals surface area contributed by atoms with Crippen LogP contribution >= 0.6 is 0 Å². The Morgan fingerprint density at radius 1 is 1.36 bits per heavy atom. The molecule has 4 heteroatoms. The van der Waals surface area contributed by atoms with Gasteiger partial charge in [0.2, 0.25) is 0 Å². The summed E-state index contributed by atoms with van der Waals surface area (Å²) in [5.41, 5.74) is 2.98. The Morgan fingerprint density at radius 3 is 3.36 bits per heavy atom. The second-order valence-corrected chi connectivity index (χ2v) is 3.31. The van der Waals surface area contributed by atoms with Crippen molar-refractivity contribution in [2.75, 3.05) is 12.0 Å². The first-order valence-corrected chi connectivity index (χ1v) is 4.63. The highest BCUT2D eigenvalue weighted by atomic mass is 15.1. The van der Waals surface area contributed by atoms with Crippen LogP contribution in [0.2, 0.25) is 0 Å². The van der Waals surface area contributed by atoms with Crippen LogP contribution < -0.4 is 10.6 Å². The molecule has 2 N–H and O–H groups in total. The molecule has 1 aliphatic heterocycles. The maximum Gasteiger partial charge on any atom is 0.159 e. The van der Waals surface area contributed by atoms with Crippen LogP contribution in [0.4, 0.5) is 5.69 Å². The van der Waals surface area contributed by atoms with E-state index in [-0.39, 0.29) is 0 Å². The van der Waals surface area contributed by atoms with Gasteiger partial charge in [-0.25, -0.2) is 9.97 Å². The van der Waals surface area contributed by atoms with Gasteiger partial charge in [-0.1, -0.05) is 0 Å². The topological polar surface area (TPSA) is 49.8 Å². The highest BCUT2D eigenvalue weighted by Crippen LogP contribution is 2.20. The molecule has 0 saturated carbocycles. The minimum atomic E-state index is 0.806. The molecule has 0 spiro atoms. The van der Waals surface area contributed by atoms with Crippen molar-refractivity contribution in [2.45, 2.75) is 6.54 Å². The highest BCUT2D eigenvalue weighted by molar-refractivity contribution is 5.79. The van der Waals surface area contributed by atoms with Crippen LogP contribution in [0.5, 0.6) is 0 Å². The van der Waals surface area contributed by atoms with E-state index in [1.807, 2.05) is 12.1 Å². The predicted octanol–water partition coefficient (Wildman–Crippen LogP) is 1.10. The molecule has 0 aliphatic carbocycles. The summed E-state index contributed by atoms with van der Waals surface area (Å²) < 4.78 is 0. The zero-order valence-corrected chi connectivity index (χ0v) is 7.62. The smallest absolute Gasteiger partial charge is 0.159 e. The molecule has 0 aromatic carbocycles. The Balaban J connectivity index is 2.27. The molecule has 70 valence electrons. The summed E-state index contributed by atoms with van der Waals surface area (Å²) in [4.78, 5) is 8.70. The standard InChI is InChI=1S/C10H10N4/c1-2-7-4-8-9(5-11-6-13-8)14-10(7)12-3-1/h1-4,11,13H,5-6H2. The number of pyridine rings is 2. The third kappa shape index (κ3) is 1.12. The van der Waals surface area contributed by atoms with Gasteiger partial charge in [0.15, 0.2) is 5.65 Å². The Hall–Kier alpha value is -1.68. The zero-order chi connectivity index (χ0) is 9.38. The number of nitrogens with one attached hydrogen (secondary N) is 2. The van der Waals surface area contributed by atoms with Gasteiger partial charge in [-0.15, -0.1) is 0 Å². The molecular weight excluding hydrogens is 176 g/mol. The first-order chi connectivity index (χ1) is 6.93. The summed E-state index contributed by atoms with van der Waals surface area (Å²) in [5, 5.41) is 7.54. The molecular formula is C10H10N4. The fraction of sp³-hybridized carbons (Fsp3) is 0.200. The molecule has 0 fully saturated rings. The lowest BCUT2D eigenvalue weighted by molar-refractivity contribution is 0.693. The van der Waals surface area contributed by atoms with E-state index < -0.39 is 0 Å². The quantitative estimate of drug-likeness (QED) is 0.647. The minimum Gasteiger partial charge on any atom is -0.371 e. The molecule has 4 nitrogen and oxygen atoms in total. The van der Waals surface area contributed by atoms with E-state index in [4.69, 9.17) is 0 Å². The number of hydrogen-bond donors (Lipinski definition) is 2. The fourth-order valence-corrected chi connectivity index (χ4v) is 1.67. The number of hydrogen-bond acceptors (Lipinski definition) is 4. The van der Waals surface area contributed by atoms with Crippen LogP contribution in [0, 0.1) is 0 Å². The SMILES string of the molecule is c1cnc2nc3c(cc2c1)NCNC3. The molecule has 0 saturated heterocycles. The third-order valence-electron chi connectivity index (χ3n) is 2.36. The molecule has 0 amide bonds. The fourth-order valence-electron chi connectivity index (χ4n) is 1.67. The number of anilines is 1. The van der Waals surface area contributed by atoms with Crippen molar-refractivity contribution in [1.29, 1.82) is 0 Å². The minimum absolute atomic E-state index is 0.806. The van der Waals surface area contributed by atoms with E-state index in [9.17, 15) is 0 Å². The van der Waals surface area contributed by atoms with Gasteiger partial charge in [0, 0.05) is 18.1 Å². The number of fused-ring (bicyclic) bond motifs is 2. The van der Waals surface area contributed by atoms with Crippen LogP contribution in [0.1, 0.15) is 5.69 Å². The van der Waals surface area contributed by atoms with Gasteiger partial charge in [-0.2, -0.15) is 0 Å². The van der Waals surface area contributed by atoms with E-state index in [1.54, 1.807) is 6.20 Å². The van der Waals surface area contributed by atoms with E-state index in [1.165, 1.54) is 0 Å². The Morgan fingerprint density at radius 2 is 2.36 bits per heavy atom. The highest BCUT2D eigenvalue weighted by Gasteiger charge is 2.10. The van der Waals surface area contributed by atoms with E-state index in [2.05, 4.69) is 26.7 Å². The number of nitrogens with zero attached hydrogens (tertiary/aromatic N) is 2. The van der Waals surface area contributed by atoms with Crippen molar-refractivity contribution in [1.82, 2.24) is 15.3 Å². The van der Waals surface area contributed by atoms with Crippen molar-refractivity contribution in [3.8, 4) is 0 Å². The van der Waals surface area contributed by atoms with Crippen molar-refractivity contribution in [3.05, 3.63) is 30.1 Å². The van der Waals surface area contributed by atoms with Crippen molar-refractivity contribution < 1.29 is 0 Å². The largest absolute Gasteiger partial charge is 0.371 e. The Bertz CT molecular complexity index is 436. The molecule has 3 rings (SSSR count). The second kappa shape index (κ2) is 2.92. The molecule has 1 aliphatic rings. The molecule has 0 unspecified atom stereocenters. The van der Waals surface area contributed by atoms with Crippen LogP contribution in [0.3, 0.4) is 0 Å². The monoisotopic (exact) mass is 186 g/mol. The zero-order valence-electron chi connectivity index (χ0n) is 7.62. The summed E-state index contributed by atoms with van der Waals surface area (Å²) in [7, 11) is 0. The van der Waals surface area contributed by atoms with Gasteiger partial charge in [-0.3, -0.25) is 5.32 Å². The van der Waals surface area contributed by atoms with Gasteiger partial charge in [0.1, 0.15) is 0 Å². The first kappa shape index (κ1) is 7.70. The molecule has 2 aromatic heterocycles. The average molecular weight is 186 g/mol. The maximum absolute atomic E-state index is 4.48. The van der Waals surface area contributed by atoms with Gasteiger partial charge < -0.3 is 5.32 Å². The summed E-state index contributed by atoms with van der Waals surface area (Å²) in [5.74, 6) is 0. The van der Waals surface area contributed by atoms with Gasteiger partial charge in [0.05, 0.1) is 18.1 Å². The second-order valence-electron chi connectivity index (χ2n) is 3.31. The van der Waals surface area contributed by atoms with Crippen LogP contribution in [0.15, 0.2) is 24.4 Å². The first-order valence-electron chi connectivity index (χ1n) is 4.63. The van der Waals surface area contributed by atoms with Crippen molar-refractivity contribution in [3.63, 3.8) is 0 Å². The molecule has 3 heterocycles. The average Bonchev–Trinajstić information content (AvgIpc) is 2.26. The molecule has 0 radical (unpaired) electrons. The van der Waals surface area contributed by atoms with Gasteiger partial charge in [0.25, 0.3) is 0 Å². The Kier molecular flexibility index (Phi) is 1.61. The van der Waals surface area contributed by atoms with Crippen LogP contribution in [-0.4, -0.2) is 16.6 Å². The molecule has 14 heavy (non-hydrogen) atoms. The molecule has 0 bridgehead atoms. The molecule has 2 aromatic rings. The van der Waals surface area contributed by atoms with Crippen molar-refractivity contribution in [2.24, 2.45) is 0 Å². The van der Waals surface area contributed by atoms with Gasteiger partial charge in [-0.05, 0) is 18.2 Å². The predicted molar refractivity (Wildman–Crippen MR) is 54.9 cm³/mol. The lowest BCUT2D eigenvalue weighted by atomic mass is 10.2. The lowest BCUT2D eigenvalue weighted by Gasteiger charge is -2.18. The summed E-state index contributed by atoms with van der Waals surface area (Å²) in [6.07, 6.45) is 1.77. The number of rotatable bonds is 0. The summed E-state index contributed by atoms with van der Waals surface area (Å²) >= 11 is 0. The number of aromatic nitrogens is 2. The van der Waals surface area contributed by atoms with Crippen molar-refractivity contribution >= 4 is 16.7 Å². The summed E-state index contributed by atoms with van der Waals surface area (Å²) in [6.45, 7) is 1.62. The van der Waals surface area contributed by atoms with E-state index >= 15 is 0 Å². The third-order valence-corrected chi connectivity index (χ3v) is 2.36. The van der Waals surface area contributed by atoms with Crippen LogP contribution in [0.25, 0.3) is 11.0 Å². The van der Waals surface area contributed by atoms with E-state index in [0.717, 1.165) is 35.6 Å². The van der Waals surface area contributed by atoms with Crippen LogP contribution in [-0.2, 0) is 6.54 Å². The normalized spacial score (nSPS) is 14.9. The van der Waals surface area contributed by atoms with E-state index in [0.29, 0.717) is 0 Å². The van der Waals surface area contributed by atoms with Gasteiger partial charge >= 0.3 is 0 Å².